The molecule has 3 aromatic rings. The molecule has 2 N–H and O–H groups in total. The fraction of sp³-hybridized carbons (Fsp3) is 0. The van der Waals surface area contributed by atoms with Crippen molar-refractivity contribution >= 4 is 44.0 Å². The van der Waals surface area contributed by atoms with Crippen LogP contribution in [-0.4, -0.2) is 25.2 Å². The molecule has 0 fully saturated rings. The molecule has 0 aromatic heterocycles. The third kappa shape index (κ3) is 4.37. The zero-order chi connectivity index (χ0) is 12.9. The Morgan fingerprint density at radius 3 is 0.905 bits per heavy atom. The van der Waals surface area contributed by atoms with Crippen LogP contribution in [0.1, 0.15) is 0 Å². The Morgan fingerprint density at radius 1 is 0.429 bits per heavy atom. The second kappa shape index (κ2) is 8.92. The molecular weight excluding hydrogens is 383 g/mol. The van der Waals surface area contributed by atoms with Gasteiger partial charge in [-0.1, -0.05) is 0 Å². The topological polar surface area (TPSA) is 31.5 Å². The van der Waals surface area contributed by atoms with Gasteiger partial charge in [-0.3, -0.25) is 0 Å². The van der Waals surface area contributed by atoms with Gasteiger partial charge in [0, 0.05) is 0 Å². The minimum absolute atomic E-state index is 0. The maximum absolute atomic E-state index is 2.29. The van der Waals surface area contributed by atoms with Crippen molar-refractivity contribution in [2.45, 2.75) is 0 Å². The van der Waals surface area contributed by atoms with Gasteiger partial charge in [0.25, 0.3) is 0 Å². The molecule has 3 heteroatoms. The summed E-state index contributed by atoms with van der Waals surface area (Å²) in [5.74, 6) is 0. The molecule has 3 aromatic carbocycles. The van der Waals surface area contributed by atoms with E-state index < -0.39 is 19.8 Å². The van der Waals surface area contributed by atoms with Gasteiger partial charge >= 0.3 is 121 Å². The molecule has 0 aliphatic carbocycles. The molecule has 0 spiro atoms. The molecule has 0 heterocycles. The van der Waals surface area contributed by atoms with E-state index >= 15 is 0 Å². The standard InChI is InChI=1S/3C6H5.H2O.H2S.Sn.H/c3*1-2-4-6-5-3-1;;;;/h3*1-5H;2*1H2;;. The van der Waals surface area contributed by atoms with Crippen molar-refractivity contribution in [3.63, 3.8) is 0 Å². The van der Waals surface area contributed by atoms with Gasteiger partial charge in [0.2, 0.25) is 0 Å². The first-order chi connectivity index (χ1) is 9.45. The van der Waals surface area contributed by atoms with Gasteiger partial charge < -0.3 is 5.48 Å². The summed E-state index contributed by atoms with van der Waals surface area (Å²) in [6, 6.07) is 33.0. The molecule has 0 radical (unpaired) electrons. The van der Waals surface area contributed by atoms with Gasteiger partial charge in [-0.2, -0.15) is 13.5 Å². The molecule has 3 rings (SSSR count). The van der Waals surface area contributed by atoms with Crippen LogP contribution in [0.5, 0.6) is 0 Å². The number of hydrogen-bond donors (Lipinski definition) is 0. The summed E-state index contributed by atoms with van der Waals surface area (Å²) in [6.45, 7) is 0. The van der Waals surface area contributed by atoms with E-state index in [1.54, 1.807) is 10.7 Å². The van der Waals surface area contributed by atoms with Crippen molar-refractivity contribution in [2.75, 3.05) is 0 Å². The molecule has 0 amide bonds. The second-order valence-corrected chi connectivity index (χ2v) is 12.8. The van der Waals surface area contributed by atoms with E-state index in [0.717, 1.165) is 0 Å². The van der Waals surface area contributed by atoms with Gasteiger partial charge in [-0.15, -0.1) is 0 Å². The Bertz CT molecular complexity index is 535. The van der Waals surface area contributed by atoms with Crippen LogP contribution >= 0.6 is 13.5 Å². The normalized spacial score (nSPS) is 9.57. The van der Waals surface area contributed by atoms with E-state index in [4.69, 9.17) is 0 Å². The fourth-order valence-electron chi connectivity index (χ4n) is 2.51. The van der Waals surface area contributed by atoms with Crippen LogP contribution < -0.4 is 10.7 Å². The van der Waals surface area contributed by atoms with Crippen molar-refractivity contribution in [1.29, 1.82) is 0 Å². The summed E-state index contributed by atoms with van der Waals surface area (Å²) in [7, 11) is 0. The van der Waals surface area contributed by atoms with Gasteiger partial charge in [-0.25, -0.2) is 0 Å². The van der Waals surface area contributed by atoms with Crippen LogP contribution in [0.15, 0.2) is 91.0 Å². The summed E-state index contributed by atoms with van der Waals surface area (Å²) in [6.07, 6.45) is 0. The average molecular weight is 403 g/mol. The van der Waals surface area contributed by atoms with Crippen molar-refractivity contribution < 1.29 is 5.48 Å². The van der Waals surface area contributed by atoms with Crippen LogP contribution in [0.25, 0.3) is 0 Å². The maximum atomic E-state index is 2.29. The van der Waals surface area contributed by atoms with E-state index in [2.05, 4.69) is 91.0 Å². The monoisotopic (exact) mass is 404 g/mol. The fourth-order valence-corrected chi connectivity index (χ4v) is 11.0. The predicted octanol–water partition coefficient (Wildman–Crippen LogP) is 1.22. The van der Waals surface area contributed by atoms with E-state index in [-0.39, 0.29) is 19.0 Å². The minimum atomic E-state index is -2.14. The van der Waals surface area contributed by atoms with Gasteiger partial charge in [0.15, 0.2) is 0 Å². The molecule has 0 saturated heterocycles. The molecule has 0 aliphatic heterocycles. The molecule has 0 bridgehead atoms. The second-order valence-electron chi connectivity index (χ2n) is 4.67. The van der Waals surface area contributed by atoms with Crippen LogP contribution in [0.4, 0.5) is 0 Å². The zero-order valence-electron chi connectivity index (χ0n) is 11.7. The van der Waals surface area contributed by atoms with Crippen molar-refractivity contribution in [2.24, 2.45) is 0 Å². The van der Waals surface area contributed by atoms with Crippen LogP contribution in [0.2, 0.25) is 0 Å². The Kier molecular flexibility index (Phi) is 7.57. The molecule has 21 heavy (non-hydrogen) atoms. The summed E-state index contributed by atoms with van der Waals surface area (Å²) < 4.78 is 4.63. The number of hydrogen-bond acceptors (Lipinski definition) is 0. The Labute approximate surface area is 140 Å². The quantitative estimate of drug-likeness (QED) is 0.590. The van der Waals surface area contributed by atoms with Crippen LogP contribution in [-0.2, 0) is 0 Å². The molecule has 0 atom stereocenters. The molecule has 108 valence electrons. The zero-order valence-corrected chi connectivity index (χ0v) is 16.0. The van der Waals surface area contributed by atoms with Crippen LogP contribution in [0.3, 0.4) is 0 Å². The first-order valence-electron chi connectivity index (χ1n) is 6.60. The molecule has 0 unspecified atom stereocenters. The molecule has 1 nitrogen and oxygen atoms in total. The average Bonchev–Trinajstić information content (AvgIpc) is 2.51. The summed E-state index contributed by atoms with van der Waals surface area (Å²) in [5.41, 5.74) is 0. The third-order valence-electron chi connectivity index (χ3n) is 3.40. The first-order valence-corrected chi connectivity index (χ1v) is 11.5. The number of benzene rings is 3. The SMILES string of the molecule is O.S.c1cc[c]([SnH]([c]2ccccc2)[c]2ccccc2)cc1. The van der Waals surface area contributed by atoms with E-state index in [0.29, 0.717) is 0 Å². The summed E-state index contributed by atoms with van der Waals surface area (Å²) in [5, 5.41) is 0. The Balaban J connectivity index is 0.00000110. The Morgan fingerprint density at radius 2 is 0.667 bits per heavy atom. The van der Waals surface area contributed by atoms with Crippen LogP contribution in [0, 0.1) is 0 Å². The van der Waals surface area contributed by atoms with Gasteiger partial charge in [-0.05, 0) is 0 Å². The summed E-state index contributed by atoms with van der Waals surface area (Å²) in [4.78, 5) is 0. The van der Waals surface area contributed by atoms with E-state index in [1.807, 2.05) is 0 Å². The predicted molar refractivity (Wildman–Crippen MR) is 99.4 cm³/mol. The molecular formula is C18H20OSSn. The van der Waals surface area contributed by atoms with E-state index in [1.165, 1.54) is 0 Å². The molecule has 0 aliphatic rings. The first kappa shape index (κ1) is 17.8. The van der Waals surface area contributed by atoms with Gasteiger partial charge in [0.05, 0.1) is 0 Å². The molecule has 0 saturated carbocycles. The van der Waals surface area contributed by atoms with Crippen molar-refractivity contribution in [3.05, 3.63) is 91.0 Å². The van der Waals surface area contributed by atoms with E-state index in [9.17, 15) is 0 Å². The van der Waals surface area contributed by atoms with Crippen molar-refractivity contribution in [3.8, 4) is 0 Å². The third-order valence-corrected chi connectivity index (χ3v) is 12.4. The van der Waals surface area contributed by atoms with Gasteiger partial charge in [0.1, 0.15) is 0 Å². The van der Waals surface area contributed by atoms with Crippen molar-refractivity contribution in [1.82, 2.24) is 0 Å². The Hall–Kier alpha value is -1.23. The summed E-state index contributed by atoms with van der Waals surface area (Å²) >= 11 is -2.14. The number of rotatable bonds is 3.